The third-order valence-corrected chi connectivity index (χ3v) is 3.72. The Balaban J connectivity index is 2.25. The number of nitrogens with zero attached hydrogens (tertiary/aromatic N) is 2. The molecule has 2 aromatic rings. The van der Waals surface area contributed by atoms with E-state index in [9.17, 15) is 5.11 Å². The largest absolute Gasteiger partial charge is 0.394 e. The molecule has 0 radical (unpaired) electrons. The van der Waals surface area contributed by atoms with Crippen molar-refractivity contribution in [3.05, 3.63) is 35.9 Å². The molecule has 25 heavy (non-hydrogen) atoms. The molecule has 2 rings (SSSR count). The van der Waals surface area contributed by atoms with Gasteiger partial charge in [-0.05, 0) is 25.8 Å². The Morgan fingerprint density at radius 3 is 2.36 bits per heavy atom. The molecule has 7 heteroatoms. The van der Waals surface area contributed by atoms with Crippen LogP contribution in [0.5, 0.6) is 0 Å². The fraction of sp³-hybridized carbons (Fsp3) is 0.444. The van der Waals surface area contributed by atoms with E-state index in [2.05, 4.69) is 25.9 Å². The first-order chi connectivity index (χ1) is 12.0. The summed E-state index contributed by atoms with van der Waals surface area (Å²) in [5.74, 6) is 1.59. The highest BCUT2D eigenvalue weighted by molar-refractivity contribution is 5.76. The number of nitrogens with two attached hydrogens (primary N) is 1. The summed E-state index contributed by atoms with van der Waals surface area (Å²) >= 11 is 0. The van der Waals surface area contributed by atoms with Crippen LogP contribution in [0, 0.1) is 0 Å². The van der Waals surface area contributed by atoms with Gasteiger partial charge in [-0.25, -0.2) is 0 Å². The van der Waals surface area contributed by atoms with Crippen molar-refractivity contribution in [3.8, 4) is 0 Å². The van der Waals surface area contributed by atoms with Gasteiger partial charge >= 0.3 is 0 Å². The molecule has 1 atom stereocenters. The Kier molecular flexibility index (Phi) is 6.82. The summed E-state index contributed by atoms with van der Waals surface area (Å²) < 4.78 is 0. The van der Waals surface area contributed by atoms with Crippen LogP contribution in [0.3, 0.4) is 0 Å². The third-order valence-electron chi connectivity index (χ3n) is 3.72. The zero-order valence-corrected chi connectivity index (χ0v) is 15.1. The summed E-state index contributed by atoms with van der Waals surface area (Å²) in [5, 5.41) is 19.1. The fourth-order valence-electron chi connectivity index (χ4n) is 2.29. The molecular formula is C18H28N6O. The van der Waals surface area contributed by atoms with Gasteiger partial charge in [0.1, 0.15) is 5.69 Å². The van der Waals surface area contributed by atoms with E-state index in [1.54, 1.807) is 0 Å². The van der Waals surface area contributed by atoms with Gasteiger partial charge < -0.3 is 26.8 Å². The highest BCUT2D eigenvalue weighted by atomic mass is 16.3. The van der Waals surface area contributed by atoms with Gasteiger partial charge in [0.2, 0.25) is 5.95 Å². The SMILES string of the molecule is CC[C@H](CO)Nc1nc(NCc2ccccc2)c(N)c(NC(C)C)n1. The van der Waals surface area contributed by atoms with Crippen molar-refractivity contribution in [2.45, 2.75) is 45.8 Å². The summed E-state index contributed by atoms with van der Waals surface area (Å²) in [4.78, 5) is 8.94. The van der Waals surface area contributed by atoms with Crippen molar-refractivity contribution in [2.75, 3.05) is 28.3 Å². The molecule has 7 nitrogen and oxygen atoms in total. The smallest absolute Gasteiger partial charge is 0.227 e. The van der Waals surface area contributed by atoms with Crippen LogP contribution in [0.1, 0.15) is 32.8 Å². The Morgan fingerprint density at radius 1 is 1.08 bits per heavy atom. The van der Waals surface area contributed by atoms with E-state index in [1.807, 2.05) is 51.1 Å². The minimum absolute atomic E-state index is 0.0178. The maximum Gasteiger partial charge on any atom is 0.227 e. The number of nitrogens with one attached hydrogen (secondary N) is 3. The minimum atomic E-state index is -0.0995. The van der Waals surface area contributed by atoms with E-state index in [4.69, 9.17) is 5.73 Å². The fourth-order valence-corrected chi connectivity index (χ4v) is 2.29. The van der Waals surface area contributed by atoms with Gasteiger partial charge in [-0.2, -0.15) is 9.97 Å². The van der Waals surface area contributed by atoms with Gasteiger partial charge in [0.15, 0.2) is 11.6 Å². The number of hydrogen-bond donors (Lipinski definition) is 5. The first kappa shape index (κ1) is 18.8. The lowest BCUT2D eigenvalue weighted by Gasteiger charge is -2.19. The number of aromatic nitrogens is 2. The normalized spacial score (nSPS) is 12.0. The van der Waals surface area contributed by atoms with E-state index >= 15 is 0 Å². The van der Waals surface area contributed by atoms with Crippen molar-refractivity contribution < 1.29 is 5.11 Å². The standard InChI is InChI=1S/C18H28N6O/c1-4-14(11-25)22-18-23-16(15(19)17(24-18)21-12(2)3)20-10-13-8-6-5-7-9-13/h5-9,12,14,25H,4,10-11,19H2,1-3H3,(H3,20,21,22,23,24)/t14-/m1/s1. The lowest BCUT2D eigenvalue weighted by molar-refractivity contribution is 0.271. The summed E-state index contributed by atoms with van der Waals surface area (Å²) in [6.07, 6.45) is 0.768. The Labute approximate surface area is 149 Å². The molecule has 1 aromatic carbocycles. The number of rotatable bonds is 9. The Hall–Kier alpha value is -2.54. The maximum atomic E-state index is 9.40. The molecule has 136 valence electrons. The topological polar surface area (TPSA) is 108 Å². The van der Waals surface area contributed by atoms with Crippen LogP contribution in [-0.4, -0.2) is 33.8 Å². The van der Waals surface area contributed by atoms with E-state index in [-0.39, 0.29) is 18.7 Å². The average molecular weight is 344 g/mol. The molecule has 6 N–H and O–H groups in total. The monoisotopic (exact) mass is 344 g/mol. The van der Waals surface area contributed by atoms with Crippen LogP contribution in [0.2, 0.25) is 0 Å². The van der Waals surface area contributed by atoms with Crippen molar-refractivity contribution in [1.29, 1.82) is 0 Å². The molecule has 0 saturated heterocycles. The van der Waals surface area contributed by atoms with Gasteiger partial charge in [0.25, 0.3) is 0 Å². The predicted molar refractivity (Wildman–Crippen MR) is 104 cm³/mol. The van der Waals surface area contributed by atoms with Crippen molar-refractivity contribution >= 4 is 23.3 Å². The Bertz CT molecular complexity index is 658. The first-order valence-electron chi connectivity index (χ1n) is 8.62. The summed E-state index contributed by atoms with van der Waals surface area (Å²) in [6, 6.07) is 10.1. The molecule has 0 aliphatic heterocycles. The van der Waals surface area contributed by atoms with E-state index in [1.165, 1.54) is 0 Å². The lowest BCUT2D eigenvalue weighted by Crippen LogP contribution is -2.25. The molecule has 0 bridgehead atoms. The van der Waals surface area contributed by atoms with E-state index in [0.29, 0.717) is 29.8 Å². The number of benzene rings is 1. The van der Waals surface area contributed by atoms with Crippen LogP contribution < -0.4 is 21.7 Å². The van der Waals surface area contributed by atoms with Gasteiger partial charge in [-0.15, -0.1) is 0 Å². The zero-order valence-electron chi connectivity index (χ0n) is 15.1. The number of aliphatic hydroxyl groups is 1. The molecule has 0 spiro atoms. The molecule has 1 heterocycles. The number of anilines is 4. The van der Waals surface area contributed by atoms with Gasteiger partial charge in [0.05, 0.1) is 12.6 Å². The number of aliphatic hydroxyl groups excluding tert-OH is 1. The van der Waals surface area contributed by atoms with E-state index in [0.717, 1.165) is 12.0 Å². The van der Waals surface area contributed by atoms with Gasteiger partial charge in [-0.3, -0.25) is 0 Å². The molecule has 0 aliphatic rings. The molecule has 0 amide bonds. The lowest BCUT2D eigenvalue weighted by atomic mass is 10.2. The summed E-state index contributed by atoms with van der Waals surface area (Å²) in [6.45, 7) is 6.67. The first-order valence-corrected chi connectivity index (χ1v) is 8.62. The second-order valence-electron chi connectivity index (χ2n) is 6.23. The second kappa shape index (κ2) is 9.08. The maximum absolute atomic E-state index is 9.40. The van der Waals surface area contributed by atoms with Gasteiger partial charge in [-0.1, -0.05) is 37.3 Å². The number of hydrogen-bond acceptors (Lipinski definition) is 7. The molecule has 0 fully saturated rings. The van der Waals surface area contributed by atoms with Crippen molar-refractivity contribution in [3.63, 3.8) is 0 Å². The van der Waals surface area contributed by atoms with E-state index < -0.39 is 0 Å². The molecule has 0 unspecified atom stereocenters. The molecule has 1 aromatic heterocycles. The average Bonchev–Trinajstić information content (AvgIpc) is 2.61. The van der Waals surface area contributed by atoms with Gasteiger partial charge in [0, 0.05) is 12.6 Å². The summed E-state index contributed by atoms with van der Waals surface area (Å²) in [5.41, 5.74) is 7.85. The minimum Gasteiger partial charge on any atom is -0.394 e. The van der Waals surface area contributed by atoms with Crippen LogP contribution in [0.25, 0.3) is 0 Å². The highest BCUT2D eigenvalue weighted by Gasteiger charge is 2.14. The second-order valence-corrected chi connectivity index (χ2v) is 6.23. The quantitative estimate of drug-likeness (QED) is 0.476. The zero-order chi connectivity index (χ0) is 18.2. The van der Waals surface area contributed by atoms with Crippen molar-refractivity contribution in [2.24, 2.45) is 0 Å². The van der Waals surface area contributed by atoms with Crippen LogP contribution in [-0.2, 0) is 6.54 Å². The highest BCUT2D eigenvalue weighted by Crippen LogP contribution is 2.27. The van der Waals surface area contributed by atoms with Crippen LogP contribution in [0.15, 0.2) is 30.3 Å². The molecular weight excluding hydrogens is 316 g/mol. The molecule has 0 aliphatic carbocycles. The van der Waals surface area contributed by atoms with Crippen LogP contribution >= 0.6 is 0 Å². The number of nitrogen functional groups attached to an aromatic ring is 1. The molecule has 0 saturated carbocycles. The van der Waals surface area contributed by atoms with Crippen molar-refractivity contribution in [1.82, 2.24) is 9.97 Å². The predicted octanol–water partition coefficient (Wildman–Crippen LogP) is 2.67. The summed E-state index contributed by atoms with van der Waals surface area (Å²) in [7, 11) is 0. The Morgan fingerprint density at radius 2 is 1.76 bits per heavy atom. The van der Waals surface area contributed by atoms with Crippen LogP contribution in [0.4, 0.5) is 23.3 Å². The third kappa shape index (κ3) is 5.49.